The van der Waals surface area contributed by atoms with Crippen LogP contribution < -0.4 is 5.32 Å². The molecule has 3 aromatic carbocycles. The van der Waals surface area contributed by atoms with Crippen LogP contribution in [0.25, 0.3) is 11.0 Å². The molecule has 1 saturated heterocycles. The first-order chi connectivity index (χ1) is 16.6. The lowest BCUT2D eigenvalue weighted by atomic mass is 10.0. The van der Waals surface area contributed by atoms with Gasteiger partial charge in [0.2, 0.25) is 0 Å². The number of imidazole rings is 1. The van der Waals surface area contributed by atoms with E-state index in [0.717, 1.165) is 57.8 Å². The molecule has 0 amide bonds. The van der Waals surface area contributed by atoms with Gasteiger partial charge in [-0.1, -0.05) is 24.3 Å². The second kappa shape index (κ2) is 8.90. The van der Waals surface area contributed by atoms with Crippen molar-refractivity contribution < 1.29 is 4.74 Å². The molecule has 5 heteroatoms. The number of morpholine rings is 1. The molecule has 1 aromatic heterocycles. The summed E-state index contributed by atoms with van der Waals surface area (Å²) in [5.74, 6) is 0. The smallest absolute Gasteiger partial charge is 0.0961 e. The van der Waals surface area contributed by atoms with E-state index in [4.69, 9.17) is 4.74 Å². The minimum Gasteiger partial charge on any atom is -0.379 e. The topological polar surface area (TPSA) is 42.3 Å². The van der Waals surface area contributed by atoms with Gasteiger partial charge >= 0.3 is 0 Å². The van der Waals surface area contributed by atoms with Crippen molar-refractivity contribution >= 4 is 22.4 Å². The molecule has 0 aliphatic carbocycles. The van der Waals surface area contributed by atoms with Crippen LogP contribution in [0, 0.1) is 13.8 Å². The predicted molar refractivity (Wildman–Crippen MR) is 138 cm³/mol. The van der Waals surface area contributed by atoms with Gasteiger partial charge in [-0.3, -0.25) is 4.90 Å². The minimum atomic E-state index is 0.836. The summed E-state index contributed by atoms with van der Waals surface area (Å²) >= 11 is 0. The standard InChI is InChI=1S/C29H32N4O/c1-20-13-28-29(14-21(20)2)33(19-30-28)18-23-4-8-27-25(16-23)6-5-24-15-22(3-7-26(24)31-27)17-32-9-11-34-12-10-32/h3-4,7-8,13-16,19,31H,5-6,9-12,17-18H2,1-2H3. The van der Waals surface area contributed by atoms with E-state index in [1.165, 1.54) is 50.3 Å². The van der Waals surface area contributed by atoms with Crippen LogP contribution in [-0.4, -0.2) is 40.8 Å². The molecule has 1 N–H and O–H groups in total. The summed E-state index contributed by atoms with van der Waals surface area (Å²) in [5, 5.41) is 3.71. The summed E-state index contributed by atoms with van der Waals surface area (Å²) < 4.78 is 7.76. The molecule has 1 fully saturated rings. The average Bonchev–Trinajstić information content (AvgIpc) is 3.11. The van der Waals surface area contributed by atoms with Gasteiger partial charge in [0.15, 0.2) is 0 Å². The maximum atomic E-state index is 5.50. The fraction of sp³-hybridized carbons (Fsp3) is 0.345. The number of nitrogens with one attached hydrogen (secondary N) is 1. The quantitative estimate of drug-likeness (QED) is 0.452. The van der Waals surface area contributed by atoms with Gasteiger partial charge in [-0.15, -0.1) is 0 Å². The number of fused-ring (bicyclic) bond motifs is 3. The Balaban J connectivity index is 1.21. The van der Waals surface area contributed by atoms with Crippen molar-refractivity contribution in [2.75, 3.05) is 31.6 Å². The lowest BCUT2D eigenvalue weighted by molar-refractivity contribution is 0.0342. The van der Waals surface area contributed by atoms with E-state index in [-0.39, 0.29) is 0 Å². The Bertz CT molecular complexity index is 1350. The first-order valence-corrected chi connectivity index (χ1v) is 12.4. The van der Waals surface area contributed by atoms with Crippen LogP contribution in [0.5, 0.6) is 0 Å². The Labute approximate surface area is 201 Å². The Kier molecular flexibility index (Phi) is 5.60. The van der Waals surface area contributed by atoms with Crippen LogP contribution in [0.3, 0.4) is 0 Å². The van der Waals surface area contributed by atoms with Crippen molar-refractivity contribution in [3.63, 3.8) is 0 Å². The number of hydrogen-bond acceptors (Lipinski definition) is 4. The molecular formula is C29H32N4O. The molecule has 0 bridgehead atoms. The molecule has 2 aliphatic heterocycles. The lowest BCUT2D eigenvalue weighted by Gasteiger charge is -2.26. The molecule has 0 unspecified atom stereocenters. The van der Waals surface area contributed by atoms with Crippen molar-refractivity contribution in [2.24, 2.45) is 0 Å². The molecule has 0 saturated carbocycles. The number of rotatable bonds is 4. The van der Waals surface area contributed by atoms with E-state index >= 15 is 0 Å². The van der Waals surface area contributed by atoms with Crippen LogP contribution >= 0.6 is 0 Å². The van der Waals surface area contributed by atoms with Crippen molar-refractivity contribution in [1.82, 2.24) is 14.5 Å². The van der Waals surface area contributed by atoms with Crippen LogP contribution in [0.2, 0.25) is 0 Å². The van der Waals surface area contributed by atoms with Crippen molar-refractivity contribution in [3.05, 3.63) is 88.2 Å². The Morgan fingerprint density at radius 1 is 0.824 bits per heavy atom. The number of ether oxygens (including phenoxy) is 1. The number of nitrogens with zero attached hydrogens (tertiary/aromatic N) is 3. The lowest BCUT2D eigenvalue weighted by Crippen LogP contribution is -2.35. The minimum absolute atomic E-state index is 0.836. The van der Waals surface area contributed by atoms with Gasteiger partial charge in [0, 0.05) is 37.6 Å². The summed E-state index contributed by atoms with van der Waals surface area (Å²) in [6, 6.07) is 18.2. The molecule has 2 aliphatic rings. The fourth-order valence-electron chi connectivity index (χ4n) is 5.22. The Morgan fingerprint density at radius 3 is 2.18 bits per heavy atom. The van der Waals surface area contributed by atoms with Gasteiger partial charge in [0.1, 0.15) is 0 Å². The van der Waals surface area contributed by atoms with Gasteiger partial charge in [-0.05, 0) is 84.3 Å². The maximum absolute atomic E-state index is 5.50. The van der Waals surface area contributed by atoms with Crippen LogP contribution in [0.1, 0.15) is 33.4 Å². The zero-order chi connectivity index (χ0) is 23.1. The van der Waals surface area contributed by atoms with Gasteiger partial charge in [-0.2, -0.15) is 0 Å². The molecule has 0 spiro atoms. The van der Waals surface area contributed by atoms with Crippen molar-refractivity contribution in [2.45, 2.75) is 39.8 Å². The number of anilines is 2. The number of hydrogen-bond donors (Lipinski definition) is 1. The van der Waals surface area contributed by atoms with Gasteiger partial charge in [0.05, 0.1) is 30.6 Å². The van der Waals surface area contributed by atoms with E-state index in [9.17, 15) is 0 Å². The van der Waals surface area contributed by atoms with Crippen LogP contribution in [0.4, 0.5) is 11.4 Å². The molecule has 34 heavy (non-hydrogen) atoms. The van der Waals surface area contributed by atoms with E-state index in [2.05, 4.69) is 82.1 Å². The second-order valence-electron chi connectivity index (χ2n) is 9.79. The van der Waals surface area contributed by atoms with Gasteiger partial charge in [0.25, 0.3) is 0 Å². The highest BCUT2D eigenvalue weighted by Crippen LogP contribution is 2.32. The number of benzene rings is 3. The monoisotopic (exact) mass is 452 g/mol. The molecule has 3 heterocycles. The molecule has 174 valence electrons. The predicted octanol–water partition coefficient (Wildman–Crippen LogP) is 5.38. The highest BCUT2D eigenvalue weighted by atomic mass is 16.5. The highest BCUT2D eigenvalue weighted by Gasteiger charge is 2.16. The van der Waals surface area contributed by atoms with E-state index in [1.54, 1.807) is 0 Å². The normalized spacial score (nSPS) is 16.1. The second-order valence-corrected chi connectivity index (χ2v) is 9.79. The average molecular weight is 453 g/mol. The molecule has 5 nitrogen and oxygen atoms in total. The van der Waals surface area contributed by atoms with E-state index in [0.29, 0.717) is 0 Å². The summed E-state index contributed by atoms with van der Waals surface area (Å²) in [6.07, 6.45) is 4.08. The number of aromatic nitrogens is 2. The first kappa shape index (κ1) is 21.4. The first-order valence-electron chi connectivity index (χ1n) is 12.4. The summed E-state index contributed by atoms with van der Waals surface area (Å²) in [6.45, 7) is 9.90. The zero-order valence-electron chi connectivity index (χ0n) is 20.1. The SMILES string of the molecule is Cc1cc2ncn(Cc3ccc4c(c3)CCc3cc(CN5CCOCC5)ccc3N4)c2cc1C. The Morgan fingerprint density at radius 2 is 1.47 bits per heavy atom. The third kappa shape index (κ3) is 4.22. The summed E-state index contributed by atoms with van der Waals surface area (Å²) in [4.78, 5) is 7.12. The van der Waals surface area contributed by atoms with Gasteiger partial charge < -0.3 is 14.6 Å². The molecule has 0 atom stereocenters. The van der Waals surface area contributed by atoms with Crippen LogP contribution in [-0.2, 0) is 30.7 Å². The van der Waals surface area contributed by atoms with E-state index in [1.807, 2.05) is 6.33 Å². The largest absolute Gasteiger partial charge is 0.379 e. The maximum Gasteiger partial charge on any atom is 0.0961 e. The van der Waals surface area contributed by atoms with E-state index < -0.39 is 0 Å². The fourth-order valence-corrected chi connectivity index (χ4v) is 5.22. The van der Waals surface area contributed by atoms with Crippen molar-refractivity contribution in [3.8, 4) is 0 Å². The molecular weight excluding hydrogens is 420 g/mol. The Hall–Kier alpha value is -3.15. The zero-order valence-corrected chi connectivity index (χ0v) is 20.1. The summed E-state index contributed by atoms with van der Waals surface area (Å²) in [7, 11) is 0. The van der Waals surface area contributed by atoms with Crippen LogP contribution in [0.15, 0.2) is 54.9 Å². The number of aryl methyl sites for hydroxylation is 4. The van der Waals surface area contributed by atoms with Gasteiger partial charge in [-0.25, -0.2) is 4.98 Å². The molecule has 0 radical (unpaired) electrons. The van der Waals surface area contributed by atoms with Crippen molar-refractivity contribution in [1.29, 1.82) is 0 Å². The third-order valence-electron chi connectivity index (χ3n) is 7.37. The summed E-state index contributed by atoms with van der Waals surface area (Å²) in [5.41, 5.74) is 12.9. The highest BCUT2D eigenvalue weighted by molar-refractivity contribution is 5.77. The molecule has 6 rings (SSSR count). The molecule has 4 aromatic rings. The third-order valence-corrected chi connectivity index (χ3v) is 7.37.